The summed E-state index contributed by atoms with van der Waals surface area (Å²) in [5, 5.41) is 25.2. The number of aliphatic hydroxyl groups excluding tert-OH is 2. The lowest BCUT2D eigenvalue weighted by atomic mass is 10.1. The van der Waals surface area contributed by atoms with Gasteiger partial charge in [0.05, 0.1) is 12.3 Å². The van der Waals surface area contributed by atoms with Crippen LogP contribution in [-0.4, -0.2) is 83.4 Å². The smallest absolute Gasteiger partial charge is 0.340 e. The number of hydrogen-bond donors (Lipinski definition) is 5. The van der Waals surface area contributed by atoms with E-state index in [-0.39, 0.29) is 5.28 Å². The van der Waals surface area contributed by atoms with E-state index in [0.717, 1.165) is 25.7 Å². The Kier molecular flexibility index (Phi) is 7.44. The lowest BCUT2D eigenvalue weighted by Crippen LogP contribution is -2.33. The summed E-state index contributed by atoms with van der Waals surface area (Å²) in [5.74, 6) is -0.755. The van der Waals surface area contributed by atoms with Gasteiger partial charge in [-0.05, 0) is 36.6 Å². The van der Waals surface area contributed by atoms with Crippen LogP contribution in [0, 0.1) is 0 Å². The van der Waals surface area contributed by atoms with Crippen molar-refractivity contribution in [2.45, 2.75) is 56.1 Å². The van der Waals surface area contributed by atoms with Crippen LogP contribution in [0.25, 0.3) is 5.52 Å². The number of halogens is 1. The highest BCUT2D eigenvalue weighted by Crippen LogP contribution is 2.55. The van der Waals surface area contributed by atoms with Crippen LogP contribution in [0.3, 0.4) is 0 Å². The summed E-state index contributed by atoms with van der Waals surface area (Å²) in [6, 6.07) is 3.72. The number of fused-ring (bicyclic) bond motifs is 1. The van der Waals surface area contributed by atoms with Crippen molar-refractivity contribution >= 4 is 38.1 Å². The molecule has 1 aliphatic heterocycles. The highest BCUT2D eigenvalue weighted by Gasteiger charge is 2.46. The van der Waals surface area contributed by atoms with Gasteiger partial charge < -0.3 is 39.1 Å². The van der Waals surface area contributed by atoms with E-state index in [2.05, 4.69) is 15.0 Å². The van der Waals surface area contributed by atoms with Gasteiger partial charge in [0, 0.05) is 13.1 Å². The first-order valence-electron chi connectivity index (χ1n) is 10.7. The van der Waals surface area contributed by atoms with Crippen LogP contribution < -0.4 is 4.90 Å². The van der Waals surface area contributed by atoms with Gasteiger partial charge in [-0.15, -0.1) is 5.10 Å². The monoisotopic (exact) mass is 540 g/mol. The Hall–Kier alpha value is -1.11. The first-order chi connectivity index (χ1) is 15.9. The highest BCUT2D eigenvalue weighted by molar-refractivity contribution is 7.70. The third kappa shape index (κ3) is 5.49. The Morgan fingerprint density at radius 1 is 1.21 bits per heavy atom. The zero-order valence-electron chi connectivity index (χ0n) is 18.2. The molecular weight excluding hydrogens is 514 g/mol. The van der Waals surface area contributed by atoms with E-state index in [1.54, 1.807) is 12.1 Å². The van der Waals surface area contributed by atoms with Gasteiger partial charge in [0.1, 0.15) is 29.9 Å². The molecule has 190 valence electrons. The number of aliphatic hydroxyl groups is 2. The van der Waals surface area contributed by atoms with Gasteiger partial charge in [0.2, 0.25) is 5.28 Å². The summed E-state index contributed by atoms with van der Waals surface area (Å²) < 4.78 is 34.9. The van der Waals surface area contributed by atoms with Gasteiger partial charge in [-0.2, -0.15) is 4.98 Å². The average molecular weight is 541 g/mol. The van der Waals surface area contributed by atoms with Crippen molar-refractivity contribution in [3.05, 3.63) is 23.1 Å². The molecule has 1 saturated carbocycles. The Labute approximate surface area is 200 Å². The molecule has 0 spiro atoms. The Balaban J connectivity index is 1.56. The summed E-state index contributed by atoms with van der Waals surface area (Å²) in [6.07, 6.45) is -0.911. The van der Waals surface area contributed by atoms with E-state index in [4.69, 9.17) is 30.6 Å². The van der Waals surface area contributed by atoms with Crippen LogP contribution >= 0.6 is 26.8 Å². The Bertz CT molecular complexity index is 1140. The van der Waals surface area contributed by atoms with Gasteiger partial charge in [-0.1, -0.05) is 12.8 Å². The Morgan fingerprint density at radius 2 is 1.88 bits per heavy atom. The standard InChI is InChI=1S/C18H27ClN4O9P2/c1-22(10-4-2-3-5-10)17-12-7-6-11(23(12)21-18(19)20-17)16-15(25)14(24)13(32-16)8-31-34(29,30)9-33(26,27)28/h6-7,10,13-16,24-25H,2-5,8-9H2,1H3,(H,29,30)(H2,26,27,28)/t13-,14-,15-,16+/m1/s1. The maximum atomic E-state index is 11.9. The summed E-state index contributed by atoms with van der Waals surface area (Å²) in [5.41, 5.74) is 0.997. The highest BCUT2D eigenvalue weighted by atomic mass is 35.5. The fourth-order valence-electron chi connectivity index (χ4n) is 4.51. The van der Waals surface area contributed by atoms with Gasteiger partial charge in [0.15, 0.2) is 11.7 Å². The fraction of sp³-hybridized carbons (Fsp3) is 0.667. The summed E-state index contributed by atoms with van der Waals surface area (Å²) >= 11 is 6.19. The molecule has 34 heavy (non-hydrogen) atoms. The number of rotatable bonds is 8. The van der Waals surface area contributed by atoms with Crippen molar-refractivity contribution in [3.8, 4) is 0 Å². The Morgan fingerprint density at radius 3 is 2.53 bits per heavy atom. The third-order valence-corrected chi connectivity index (χ3v) is 9.77. The minimum atomic E-state index is -4.81. The molecule has 2 fully saturated rings. The molecule has 1 unspecified atom stereocenters. The van der Waals surface area contributed by atoms with Crippen LogP contribution in [0.2, 0.25) is 5.28 Å². The number of nitrogens with zero attached hydrogens (tertiary/aromatic N) is 4. The minimum absolute atomic E-state index is 0.0172. The van der Waals surface area contributed by atoms with E-state index >= 15 is 0 Å². The van der Waals surface area contributed by atoms with Crippen LogP contribution in [-0.2, 0) is 18.4 Å². The van der Waals surface area contributed by atoms with Gasteiger partial charge in [0.25, 0.3) is 0 Å². The van der Waals surface area contributed by atoms with E-state index in [9.17, 15) is 24.2 Å². The molecule has 16 heteroatoms. The quantitative estimate of drug-likeness (QED) is 0.302. The first-order valence-corrected chi connectivity index (χ1v) is 14.6. The number of hydrogen-bond acceptors (Lipinski definition) is 9. The molecule has 1 saturated heterocycles. The normalized spacial score (nSPS) is 28.0. The van der Waals surface area contributed by atoms with Crippen molar-refractivity contribution in [1.82, 2.24) is 14.6 Å². The van der Waals surface area contributed by atoms with Crippen LogP contribution in [0.4, 0.5) is 5.82 Å². The van der Waals surface area contributed by atoms with Crippen molar-refractivity contribution in [2.24, 2.45) is 0 Å². The number of aromatic nitrogens is 3. The van der Waals surface area contributed by atoms with E-state index in [0.29, 0.717) is 23.1 Å². The van der Waals surface area contributed by atoms with Gasteiger partial charge in [-0.3, -0.25) is 9.13 Å². The second-order valence-electron chi connectivity index (χ2n) is 8.62. The molecule has 1 aliphatic carbocycles. The maximum Gasteiger partial charge on any atom is 0.340 e. The zero-order chi connectivity index (χ0) is 24.8. The van der Waals surface area contributed by atoms with Gasteiger partial charge in [-0.25, -0.2) is 4.52 Å². The largest absolute Gasteiger partial charge is 0.387 e. The maximum absolute atomic E-state index is 11.9. The third-order valence-electron chi connectivity index (χ3n) is 6.16. The molecule has 4 rings (SSSR count). The van der Waals surface area contributed by atoms with Crippen molar-refractivity contribution in [1.29, 1.82) is 0 Å². The fourth-order valence-corrected chi connectivity index (χ4v) is 7.23. The topological polar surface area (TPSA) is 187 Å². The van der Waals surface area contributed by atoms with Crippen LogP contribution in [0.15, 0.2) is 12.1 Å². The molecule has 2 aliphatic rings. The van der Waals surface area contributed by atoms with E-state index < -0.39 is 52.1 Å². The number of ether oxygens (including phenoxy) is 1. The molecule has 5 atom stereocenters. The molecular formula is C18H27ClN4O9P2. The molecule has 5 N–H and O–H groups in total. The number of anilines is 1. The zero-order valence-corrected chi connectivity index (χ0v) is 20.8. The average Bonchev–Trinajstić information content (AvgIpc) is 3.45. The predicted molar refractivity (Wildman–Crippen MR) is 121 cm³/mol. The molecule has 0 amide bonds. The molecule has 3 heterocycles. The van der Waals surface area contributed by atoms with E-state index in [1.807, 2.05) is 7.05 Å². The summed E-state index contributed by atoms with van der Waals surface area (Å²) in [7, 11) is -7.52. The molecule has 0 radical (unpaired) electrons. The lowest BCUT2D eigenvalue weighted by Gasteiger charge is -2.26. The lowest BCUT2D eigenvalue weighted by molar-refractivity contribution is -0.0203. The van der Waals surface area contributed by atoms with Crippen molar-refractivity contribution in [2.75, 3.05) is 24.5 Å². The SMILES string of the molecule is CN(c1nc(Cl)nn2c([C@@H]3O[C@H](COP(=O)(O)CP(=O)(O)O)[C@@H](O)[C@H]3O)ccc12)C1CCCC1. The van der Waals surface area contributed by atoms with Gasteiger partial charge >= 0.3 is 15.2 Å². The summed E-state index contributed by atoms with van der Waals surface area (Å²) in [6.45, 7) is -0.669. The second-order valence-corrected chi connectivity index (χ2v) is 13.0. The minimum Gasteiger partial charge on any atom is -0.387 e. The first kappa shape index (κ1) is 26.0. The molecule has 0 aromatic carbocycles. The molecule has 0 bridgehead atoms. The second kappa shape index (κ2) is 9.74. The van der Waals surface area contributed by atoms with E-state index in [1.165, 1.54) is 4.52 Å². The molecule has 2 aromatic heterocycles. The molecule has 13 nitrogen and oxygen atoms in total. The predicted octanol–water partition coefficient (Wildman–Crippen LogP) is 1.26. The van der Waals surface area contributed by atoms with Crippen LogP contribution in [0.5, 0.6) is 0 Å². The van der Waals surface area contributed by atoms with Crippen molar-refractivity contribution in [3.63, 3.8) is 0 Å². The molecule has 2 aromatic rings. The van der Waals surface area contributed by atoms with Crippen molar-refractivity contribution < 1.29 is 43.3 Å². The van der Waals surface area contributed by atoms with Crippen LogP contribution in [0.1, 0.15) is 37.5 Å². The summed E-state index contributed by atoms with van der Waals surface area (Å²) in [4.78, 5) is 33.9.